The van der Waals surface area contributed by atoms with Crippen molar-refractivity contribution in [3.63, 3.8) is 0 Å². The lowest BCUT2D eigenvalue weighted by molar-refractivity contribution is -0.266. The fourth-order valence-electron chi connectivity index (χ4n) is 3.06. The van der Waals surface area contributed by atoms with Gasteiger partial charge in [-0.1, -0.05) is 58.1 Å². The Morgan fingerprint density at radius 3 is 2.44 bits per heavy atom. The van der Waals surface area contributed by atoms with Gasteiger partial charge >= 0.3 is 0 Å². The summed E-state index contributed by atoms with van der Waals surface area (Å²) in [6.07, 6.45) is 5.05. The summed E-state index contributed by atoms with van der Waals surface area (Å²) in [6, 6.07) is 0. The van der Waals surface area contributed by atoms with E-state index in [0.717, 1.165) is 18.3 Å². The van der Waals surface area contributed by atoms with Crippen LogP contribution >= 0.6 is 0 Å². The molecule has 5 nitrogen and oxygen atoms in total. The Morgan fingerprint density at radius 2 is 1.76 bits per heavy atom. The normalized spacial score (nSPS) is 29.2. The van der Waals surface area contributed by atoms with Crippen LogP contribution in [0.2, 0.25) is 0 Å². The molecule has 0 aromatic rings. The summed E-state index contributed by atoms with van der Waals surface area (Å²) >= 11 is 0. The number of ether oxygens (including phenoxy) is 2. The summed E-state index contributed by atoms with van der Waals surface area (Å²) in [5.41, 5.74) is 1.26. The zero-order valence-electron chi connectivity index (χ0n) is 16.4. The van der Waals surface area contributed by atoms with E-state index in [1.54, 1.807) is 0 Å². The molecule has 0 amide bonds. The maximum atomic E-state index is 9.80. The second-order valence-corrected chi connectivity index (χ2v) is 7.96. The molecule has 1 rings (SSSR count). The molecule has 0 aromatic heterocycles. The molecule has 5 heteroatoms. The van der Waals surface area contributed by atoms with Gasteiger partial charge in [-0.3, -0.25) is 0 Å². The van der Waals surface area contributed by atoms with Crippen molar-refractivity contribution in [2.45, 2.75) is 90.8 Å². The van der Waals surface area contributed by atoms with Gasteiger partial charge in [0.25, 0.3) is 0 Å². The van der Waals surface area contributed by atoms with E-state index in [0.29, 0.717) is 6.61 Å². The Bertz CT molecular complexity index is 382. The van der Waals surface area contributed by atoms with E-state index in [1.165, 1.54) is 37.7 Å². The third-order valence-electron chi connectivity index (χ3n) is 4.89. The minimum Gasteiger partial charge on any atom is -0.388 e. The van der Waals surface area contributed by atoms with Gasteiger partial charge in [0.15, 0.2) is 6.29 Å². The third kappa shape index (κ3) is 9.15. The van der Waals surface area contributed by atoms with Crippen molar-refractivity contribution in [3.8, 4) is 0 Å². The number of aliphatic hydroxyl groups is 3. The first-order valence-electron chi connectivity index (χ1n) is 9.74. The molecule has 5 atom stereocenters. The first-order chi connectivity index (χ1) is 11.8. The van der Waals surface area contributed by atoms with Gasteiger partial charge in [-0.25, -0.2) is 0 Å². The zero-order chi connectivity index (χ0) is 18.8. The number of rotatable bonds is 11. The Balaban J connectivity index is 2.15. The molecule has 2 unspecified atom stereocenters. The quantitative estimate of drug-likeness (QED) is 0.495. The molecule has 0 aromatic carbocycles. The average molecular weight is 359 g/mol. The molecule has 0 saturated carbocycles. The predicted octanol–water partition coefficient (Wildman–Crippen LogP) is 3.02. The van der Waals surface area contributed by atoms with Crippen LogP contribution in [0.15, 0.2) is 11.6 Å². The van der Waals surface area contributed by atoms with Crippen molar-refractivity contribution in [2.24, 2.45) is 11.8 Å². The van der Waals surface area contributed by atoms with E-state index in [4.69, 9.17) is 9.47 Å². The average Bonchev–Trinajstić information content (AvgIpc) is 2.54. The largest absolute Gasteiger partial charge is 0.388 e. The van der Waals surface area contributed by atoms with Crippen LogP contribution in [0.4, 0.5) is 0 Å². The minimum absolute atomic E-state index is 0.0275. The molecule has 0 spiro atoms. The van der Waals surface area contributed by atoms with Gasteiger partial charge in [-0.05, 0) is 31.6 Å². The lowest BCUT2D eigenvalue weighted by Crippen LogP contribution is -2.53. The summed E-state index contributed by atoms with van der Waals surface area (Å²) in [5.74, 6) is 1.58. The SMILES string of the molecule is CC(=CCOC1OC[C@@H](O)[C@H](O)[C@H]1O)CCCC(C)CCCC(C)C. The van der Waals surface area contributed by atoms with Crippen LogP contribution in [0, 0.1) is 11.8 Å². The first kappa shape index (κ1) is 22.6. The van der Waals surface area contributed by atoms with Gasteiger partial charge in [-0.2, -0.15) is 0 Å². The number of allylic oxidation sites excluding steroid dienone is 1. The van der Waals surface area contributed by atoms with E-state index in [2.05, 4.69) is 27.7 Å². The molecule has 1 aliphatic rings. The van der Waals surface area contributed by atoms with Gasteiger partial charge in [-0.15, -0.1) is 0 Å². The highest BCUT2D eigenvalue weighted by atomic mass is 16.7. The fourth-order valence-corrected chi connectivity index (χ4v) is 3.06. The molecule has 1 fully saturated rings. The summed E-state index contributed by atoms with van der Waals surface area (Å²) in [7, 11) is 0. The Kier molecular flexibility index (Phi) is 10.9. The first-order valence-corrected chi connectivity index (χ1v) is 9.74. The van der Waals surface area contributed by atoms with Crippen LogP contribution in [0.1, 0.15) is 66.2 Å². The summed E-state index contributed by atoms with van der Waals surface area (Å²) in [4.78, 5) is 0. The van der Waals surface area contributed by atoms with Gasteiger partial charge in [0, 0.05) is 0 Å². The van der Waals surface area contributed by atoms with Gasteiger partial charge in [0.1, 0.15) is 18.3 Å². The van der Waals surface area contributed by atoms with Crippen molar-refractivity contribution in [2.75, 3.05) is 13.2 Å². The number of hydrogen-bond acceptors (Lipinski definition) is 5. The van der Waals surface area contributed by atoms with Crippen LogP contribution in [0.3, 0.4) is 0 Å². The lowest BCUT2D eigenvalue weighted by Gasteiger charge is -2.34. The number of aliphatic hydroxyl groups excluding tert-OH is 3. The van der Waals surface area contributed by atoms with Crippen LogP contribution < -0.4 is 0 Å². The molecule has 3 N–H and O–H groups in total. The topological polar surface area (TPSA) is 79.2 Å². The van der Waals surface area contributed by atoms with E-state index in [9.17, 15) is 15.3 Å². The standard InChI is InChI=1S/C20H38O5/c1-14(2)7-5-8-15(3)9-6-10-16(4)11-12-24-20-19(23)18(22)17(21)13-25-20/h11,14-15,17-23H,5-10,12-13H2,1-4H3/t15?,17-,18+,19-,20?/m1/s1. The van der Waals surface area contributed by atoms with E-state index in [1.807, 2.05) is 6.08 Å². The highest BCUT2D eigenvalue weighted by molar-refractivity contribution is 4.98. The van der Waals surface area contributed by atoms with Crippen LogP contribution in [0.5, 0.6) is 0 Å². The summed E-state index contributed by atoms with van der Waals surface area (Å²) in [5, 5.41) is 28.8. The second kappa shape index (κ2) is 12.0. The molecular formula is C20H38O5. The van der Waals surface area contributed by atoms with Gasteiger partial charge < -0.3 is 24.8 Å². The van der Waals surface area contributed by atoms with Crippen LogP contribution in [-0.2, 0) is 9.47 Å². The summed E-state index contributed by atoms with van der Waals surface area (Å²) < 4.78 is 10.7. The number of hydrogen-bond donors (Lipinski definition) is 3. The van der Waals surface area contributed by atoms with Crippen molar-refractivity contribution in [3.05, 3.63) is 11.6 Å². The van der Waals surface area contributed by atoms with Gasteiger partial charge in [0.2, 0.25) is 0 Å². The zero-order valence-corrected chi connectivity index (χ0v) is 16.4. The minimum atomic E-state index is -1.22. The van der Waals surface area contributed by atoms with Gasteiger partial charge in [0.05, 0.1) is 13.2 Å². The molecule has 0 bridgehead atoms. The highest BCUT2D eigenvalue weighted by Gasteiger charge is 2.37. The molecule has 1 heterocycles. The van der Waals surface area contributed by atoms with E-state index in [-0.39, 0.29) is 6.61 Å². The second-order valence-electron chi connectivity index (χ2n) is 7.96. The maximum Gasteiger partial charge on any atom is 0.186 e. The molecule has 1 saturated heterocycles. The third-order valence-corrected chi connectivity index (χ3v) is 4.89. The lowest BCUT2D eigenvalue weighted by atomic mass is 9.94. The molecular weight excluding hydrogens is 320 g/mol. The molecule has 148 valence electrons. The molecule has 25 heavy (non-hydrogen) atoms. The Labute approximate surface area is 153 Å². The van der Waals surface area contributed by atoms with Crippen LogP contribution in [-0.4, -0.2) is 53.1 Å². The molecule has 0 radical (unpaired) electrons. The Hall–Kier alpha value is -0.460. The van der Waals surface area contributed by atoms with Crippen molar-refractivity contribution in [1.82, 2.24) is 0 Å². The summed E-state index contributed by atoms with van der Waals surface area (Å²) in [6.45, 7) is 9.29. The van der Waals surface area contributed by atoms with Crippen molar-refractivity contribution in [1.29, 1.82) is 0 Å². The van der Waals surface area contributed by atoms with Crippen molar-refractivity contribution >= 4 is 0 Å². The predicted molar refractivity (Wildman–Crippen MR) is 99.2 cm³/mol. The Morgan fingerprint density at radius 1 is 1.08 bits per heavy atom. The molecule has 1 aliphatic heterocycles. The highest BCUT2D eigenvalue weighted by Crippen LogP contribution is 2.20. The van der Waals surface area contributed by atoms with E-state index >= 15 is 0 Å². The fraction of sp³-hybridized carbons (Fsp3) is 0.900. The van der Waals surface area contributed by atoms with Crippen LogP contribution in [0.25, 0.3) is 0 Å². The molecule has 0 aliphatic carbocycles. The van der Waals surface area contributed by atoms with Crippen molar-refractivity contribution < 1.29 is 24.8 Å². The monoisotopic (exact) mass is 358 g/mol. The van der Waals surface area contributed by atoms with E-state index < -0.39 is 24.6 Å². The smallest absolute Gasteiger partial charge is 0.186 e. The maximum absolute atomic E-state index is 9.80.